The number of furan rings is 1. The molecule has 5 rings (SSSR count). The third kappa shape index (κ3) is 4.51. The number of rotatable bonds is 5. The van der Waals surface area contributed by atoms with Gasteiger partial charge >= 0.3 is 5.97 Å². The summed E-state index contributed by atoms with van der Waals surface area (Å²) in [5.41, 5.74) is 0.282. The van der Waals surface area contributed by atoms with Gasteiger partial charge in [0.25, 0.3) is 5.56 Å². The lowest BCUT2D eigenvalue weighted by Gasteiger charge is -2.19. The smallest absolute Gasteiger partial charge is 0.335 e. The lowest BCUT2D eigenvalue weighted by molar-refractivity contribution is 0.0697. The fourth-order valence-corrected chi connectivity index (χ4v) is 5.24. The van der Waals surface area contributed by atoms with Gasteiger partial charge in [-0.3, -0.25) is 15.3 Å². The predicted octanol–water partition coefficient (Wildman–Crippen LogP) is 3.08. The molecule has 9 heteroatoms. The van der Waals surface area contributed by atoms with Crippen molar-refractivity contribution in [1.82, 2.24) is 14.8 Å². The number of fused-ring (bicyclic) bond motifs is 1. The molecule has 0 atom stereocenters. The van der Waals surface area contributed by atoms with Crippen molar-refractivity contribution >= 4 is 29.5 Å². The van der Waals surface area contributed by atoms with Crippen LogP contribution in [-0.2, 0) is 0 Å². The van der Waals surface area contributed by atoms with Gasteiger partial charge in [0.1, 0.15) is 16.2 Å². The van der Waals surface area contributed by atoms with E-state index in [0.717, 1.165) is 11.1 Å². The molecule has 3 aliphatic rings. The van der Waals surface area contributed by atoms with E-state index in [0.29, 0.717) is 28.1 Å². The number of hydrogen-bond donors (Lipinski definition) is 3. The molecule has 2 aliphatic heterocycles. The minimum atomic E-state index is -1.02. The molecule has 3 heterocycles. The van der Waals surface area contributed by atoms with Crippen molar-refractivity contribution in [1.29, 1.82) is 5.41 Å². The molecule has 0 radical (unpaired) electrons. The van der Waals surface area contributed by atoms with Crippen LogP contribution in [0.4, 0.5) is 0 Å². The highest BCUT2D eigenvalue weighted by Gasteiger charge is 2.14. The van der Waals surface area contributed by atoms with Crippen LogP contribution in [0, 0.1) is 11.3 Å². The average molecular weight is 477 g/mol. The molecule has 34 heavy (non-hydrogen) atoms. The van der Waals surface area contributed by atoms with E-state index in [1.54, 1.807) is 24.3 Å². The molecule has 0 unspecified atom stereocenters. The SMILES string of the molecule is N=c1c(=Cc2ccc(-c3cccc(C(=O)O)c3)o2)c(=O)nc2sc(=CCC3CCCCC3)[nH]n1-2. The van der Waals surface area contributed by atoms with Gasteiger partial charge in [-0.25, -0.2) is 9.48 Å². The first-order chi connectivity index (χ1) is 16.5. The summed E-state index contributed by atoms with van der Waals surface area (Å²) in [4.78, 5) is 28.1. The molecule has 3 N–H and O–H groups in total. The van der Waals surface area contributed by atoms with E-state index in [2.05, 4.69) is 16.2 Å². The molecular formula is C25H24N4O4S. The quantitative estimate of drug-likeness (QED) is 0.408. The summed E-state index contributed by atoms with van der Waals surface area (Å²) in [6.45, 7) is 0. The minimum absolute atomic E-state index is 0.00870. The van der Waals surface area contributed by atoms with Crippen LogP contribution in [-0.4, -0.2) is 25.8 Å². The highest BCUT2D eigenvalue weighted by Crippen LogP contribution is 2.26. The van der Waals surface area contributed by atoms with Crippen LogP contribution in [0.5, 0.6) is 0 Å². The average Bonchev–Trinajstić information content (AvgIpc) is 3.48. The number of aromatic amines is 1. The number of carboxylic acid groups (broad SMARTS) is 1. The zero-order chi connectivity index (χ0) is 23.7. The van der Waals surface area contributed by atoms with E-state index in [4.69, 9.17) is 9.83 Å². The third-order valence-corrected chi connectivity index (χ3v) is 7.12. The molecule has 0 bridgehead atoms. The van der Waals surface area contributed by atoms with Gasteiger partial charge in [0.05, 0.1) is 10.8 Å². The molecule has 0 spiro atoms. The van der Waals surface area contributed by atoms with E-state index in [-0.39, 0.29) is 16.3 Å². The summed E-state index contributed by atoms with van der Waals surface area (Å²) in [5.74, 6) is 0.525. The van der Waals surface area contributed by atoms with Gasteiger partial charge in [0.15, 0.2) is 5.49 Å². The van der Waals surface area contributed by atoms with Crippen molar-refractivity contribution in [2.45, 2.75) is 38.5 Å². The summed E-state index contributed by atoms with van der Waals surface area (Å²) in [7, 11) is 0. The molecule has 174 valence electrons. The van der Waals surface area contributed by atoms with Crippen molar-refractivity contribution in [3.05, 3.63) is 73.4 Å². The Bertz CT molecular complexity index is 1550. The van der Waals surface area contributed by atoms with Crippen LogP contribution in [0.3, 0.4) is 0 Å². The number of aromatic nitrogens is 3. The molecular weight excluding hydrogens is 452 g/mol. The Kier molecular flexibility index (Phi) is 6.02. The van der Waals surface area contributed by atoms with Crippen molar-refractivity contribution in [3.8, 4) is 16.5 Å². The number of aromatic carboxylic acids is 1. The molecule has 8 nitrogen and oxygen atoms in total. The highest BCUT2D eigenvalue weighted by molar-refractivity contribution is 7.11. The van der Waals surface area contributed by atoms with E-state index in [1.165, 1.54) is 66.3 Å². The Balaban J connectivity index is 1.48. The van der Waals surface area contributed by atoms with Crippen LogP contribution in [0.2, 0.25) is 0 Å². The molecule has 2 aromatic rings. The molecule has 1 saturated carbocycles. The van der Waals surface area contributed by atoms with Crippen molar-refractivity contribution in [2.75, 3.05) is 0 Å². The maximum atomic E-state index is 12.7. The van der Waals surface area contributed by atoms with Crippen LogP contribution >= 0.6 is 11.3 Å². The molecule has 1 aliphatic carbocycles. The van der Waals surface area contributed by atoms with Crippen LogP contribution in [0.15, 0.2) is 45.6 Å². The minimum Gasteiger partial charge on any atom is -0.478 e. The fourth-order valence-electron chi connectivity index (χ4n) is 4.37. The number of nitrogens with zero attached hydrogens (tertiary/aromatic N) is 2. The van der Waals surface area contributed by atoms with E-state index in [9.17, 15) is 14.7 Å². The summed E-state index contributed by atoms with van der Waals surface area (Å²) in [5, 5.41) is 21.5. The number of benzene rings is 1. The third-order valence-electron chi connectivity index (χ3n) is 6.19. The largest absolute Gasteiger partial charge is 0.478 e. The maximum absolute atomic E-state index is 12.7. The van der Waals surface area contributed by atoms with E-state index in [1.807, 2.05) is 0 Å². The van der Waals surface area contributed by atoms with Crippen LogP contribution in [0.25, 0.3) is 28.6 Å². The molecule has 1 aromatic carbocycles. The van der Waals surface area contributed by atoms with Gasteiger partial charge in [-0.15, -0.1) is 0 Å². The first-order valence-corrected chi connectivity index (χ1v) is 12.1. The standard InChI is InChI=1S/C25H24N4O4S/c26-22-19(14-18-10-11-20(33-18)16-7-4-8-17(13-16)24(31)32)23(30)27-25-29(22)28-21(34-25)12-9-15-5-2-1-3-6-15/h4,7-8,10-15,26,28H,1-3,5-6,9H2,(H,31,32). The second-order valence-electron chi connectivity index (χ2n) is 8.55. The normalized spacial score (nSPS) is 15.9. The first-order valence-electron chi connectivity index (χ1n) is 11.3. The van der Waals surface area contributed by atoms with Gasteiger partial charge in [0.2, 0.25) is 5.13 Å². The monoisotopic (exact) mass is 476 g/mol. The van der Waals surface area contributed by atoms with E-state index < -0.39 is 11.5 Å². The topological polar surface area (TPSA) is 125 Å². The molecule has 1 fully saturated rings. The number of carbonyl (C=O) groups is 1. The number of hydrogen-bond acceptors (Lipinski definition) is 6. The van der Waals surface area contributed by atoms with Gasteiger partial charge < -0.3 is 9.52 Å². The lowest BCUT2D eigenvalue weighted by atomic mass is 9.87. The molecule has 0 amide bonds. The van der Waals surface area contributed by atoms with Crippen LogP contribution < -0.4 is 20.9 Å². The van der Waals surface area contributed by atoms with Gasteiger partial charge in [-0.2, -0.15) is 4.98 Å². The van der Waals surface area contributed by atoms with Gasteiger partial charge in [-0.05, 0) is 48.8 Å². The first kappa shape index (κ1) is 22.1. The zero-order valence-electron chi connectivity index (χ0n) is 18.4. The summed E-state index contributed by atoms with van der Waals surface area (Å²) < 4.78 is 8.23. The number of H-pyrrole nitrogens is 1. The highest BCUT2D eigenvalue weighted by atomic mass is 32.1. The van der Waals surface area contributed by atoms with Crippen LogP contribution in [0.1, 0.15) is 54.6 Å². The Morgan fingerprint density at radius 2 is 2.09 bits per heavy atom. The zero-order valence-corrected chi connectivity index (χ0v) is 19.2. The van der Waals surface area contributed by atoms with Crippen molar-refractivity contribution < 1.29 is 14.3 Å². The number of carboxylic acids is 1. The lowest BCUT2D eigenvalue weighted by Crippen LogP contribution is -2.47. The summed E-state index contributed by atoms with van der Waals surface area (Å²) in [6.07, 6.45) is 11.0. The Morgan fingerprint density at radius 3 is 2.88 bits per heavy atom. The molecule has 1 aromatic heterocycles. The Morgan fingerprint density at radius 1 is 1.26 bits per heavy atom. The second kappa shape index (κ2) is 9.26. The van der Waals surface area contributed by atoms with Crippen molar-refractivity contribution in [2.24, 2.45) is 5.92 Å². The molecule has 0 saturated heterocycles. The second-order valence-corrected chi connectivity index (χ2v) is 9.56. The van der Waals surface area contributed by atoms with E-state index >= 15 is 0 Å². The van der Waals surface area contributed by atoms with Gasteiger partial charge in [-0.1, -0.05) is 55.6 Å². The van der Waals surface area contributed by atoms with Crippen molar-refractivity contribution in [3.63, 3.8) is 0 Å². The van der Waals surface area contributed by atoms with Gasteiger partial charge in [0, 0.05) is 5.56 Å². The maximum Gasteiger partial charge on any atom is 0.335 e. The predicted molar refractivity (Wildman–Crippen MR) is 129 cm³/mol. The fraction of sp³-hybridized carbons (Fsp3) is 0.280. The summed E-state index contributed by atoms with van der Waals surface area (Å²) >= 11 is 1.37. The Labute approximate surface area is 198 Å². The Hall–Kier alpha value is -3.72. The summed E-state index contributed by atoms with van der Waals surface area (Å²) in [6, 6.07) is 9.81. The number of nitrogens with one attached hydrogen (secondary N) is 2.